The Morgan fingerprint density at radius 3 is 2.48 bits per heavy atom. The number of carboxylic acid groups (broad SMARTS) is 1. The molecule has 7 heteroatoms. The molecule has 1 aromatic carbocycles. The van der Waals surface area contributed by atoms with Gasteiger partial charge in [-0.05, 0) is 43.4 Å². The van der Waals surface area contributed by atoms with Crippen molar-refractivity contribution in [2.75, 3.05) is 13.1 Å². The van der Waals surface area contributed by atoms with Crippen molar-refractivity contribution in [3.05, 3.63) is 53.6 Å². The molecule has 1 aromatic heterocycles. The Bertz CT molecular complexity index is 896. The van der Waals surface area contributed by atoms with Crippen LogP contribution in [0.5, 0.6) is 0 Å². The lowest BCUT2D eigenvalue weighted by Gasteiger charge is -2.42. The summed E-state index contributed by atoms with van der Waals surface area (Å²) in [5, 5.41) is 13.3. The van der Waals surface area contributed by atoms with Crippen molar-refractivity contribution in [2.45, 2.75) is 56.4 Å². The molecular weight excluding hydrogens is 373 g/mol. The van der Waals surface area contributed by atoms with Crippen LogP contribution in [0.1, 0.15) is 66.9 Å². The topological polar surface area (TPSA) is 75.4 Å². The third-order valence-electron chi connectivity index (χ3n) is 6.47. The number of hydrogen-bond acceptors (Lipinski definition) is 3. The molecule has 6 nitrogen and oxygen atoms in total. The van der Waals surface area contributed by atoms with Gasteiger partial charge in [0.2, 0.25) is 5.91 Å². The van der Waals surface area contributed by atoms with Gasteiger partial charge in [0.05, 0.1) is 23.2 Å². The van der Waals surface area contributed by atoms with Gasteiger partial charge in [0.25, 0.3) is 0 Å². The minimum Gasteiger partial charge on any atom is -0.478 e. The Hall–Kier alpha value is -2.70. The second-order valence-corrected chi connectivity index (χ2v) is 8.19. The average molecular weight is 399 g/mol. The first kappa shape index (κ1) is 19.6. The molecule has 1 aliphatic carbocycles. The molecule has 0 spiro atoms. The first-order valence-corrected chi connectivity index (χ1v) is 10.3. The molecule has 1 saturated carbocycles. The normalized spacial score (nSPS) is 19.8. The second kappa shape index (κ2) is 7.97. The molecule has 29 heavy (non-hydrogen) atoms. The molecular formula is C22H26FN3O3. The number of carbonyl (C=O) groups excluding carboxylic acids is 1. The first-order chi connectivity index (χ1) is 14.0. The molecule has 2 fully saturated rings. The van der Waals surface area contributed by atoms with Gasteiger partial charge in [-0.2, -0.15) is 5.10 Å². The average Bonchev–Trinajstić information content (AvgIpc) is 3.24. The number of piperidine rings is 1. The van der Waals surface area contributed by atoms with E-state index in [-0.39, 0.29) is 23.3 Å². The van der Waals surface area contributed by atoms with Crippen molar-refractivity contribution in [3.8, 4) is 0 Å². The molecule has 2 heterocycles. The molecule has 2 aliphatic rings. The second-order valence-electron chi connectivity index (χ2n) is 8.19. The zero-order chi connectivity index (χ0) is 20.4. The van der Waals surface area contributed by atoms with Crippen LogP contribution in [-0.2, 0) is 10.2 Å². The monoisotopic (exact) mass is 399 g/mol. The van der Waals surface area contributed by atoms with Crippen molar-refractivity contribution in [1.82, 2.24) is 14.7 Å². The smallest absolute Gasteiger partial charge is 0.338 e. The van der Waals surface area contributed by atoms with Crippen LogP contribution in [0, 0.1) is 5.82 Å². The van der Waals surface area contributed by atoms with E-state index in [1.807, 2.05) is 11.0 Å². The summed E-state index contributed by atoms with van der Waals surface area (Å²) in [4.78, 5) is 26.6. The number of carboxylic acids is 1. The molecule has 0 bridgehead atoms. The number of hydrogen-bond donors (Lipinski definition) is 1. The van der Waals surface area contributed by atoms with Gasteiger partial charge in [-0.25, -0.2) is 9.18 Å². The van der Waals surface area contributed by atoms with Gasteiger partial charge in [-0.3, -0.25) is 9.48 Å². The highest BCUT2D eigenvalue weighted by atomic mass is 19.1. The maximum absolute atomic E-state index is 13.9. The third-order valence-corrected chi connectivity index (χ3v) is 6.47. The number of rotatable bonds is 4. The maximum atomic E-state index is 13.9. The minimum atomic E-state index is -0.988. The quantitative estimate of drug-likeness (QED) is 0.849. The summed E-state index contributed by atoms with van der Waals surface area (Å²) in [5.74, 6) is -1.18. The van der Waals surface area contributed by atoms with Crippen LogP contribution in [0.3, 0.4) is 0 Å². The summed E-state index contributed by atoms with van der Waals surface area (Å²) in [7, 11) is 0. The predicted octanol–water partition coefficient (Wildman–Crippen LogP) is 3.79. The van der Waals surface area contributed by atoms with Crippen LogP contribution in [0.4, 0.5) is 4.39 Å². The SMILES string of the molecule is O=C(O)c1cnn(C2CCN(C(=O)C3(c4cccc(F)c4)CCCCC3)CC2)c1. The van der Waals surface area contributed by atoms with Gasteiger partial charge in [0.15, 0.2) is 0 Å². The van der Waals surface area contributed by atoms with Crippen LogP contribution >= 0.6 is 0 Å². The lowest BCUT2D eigenvalue weighted by atomic mass is 9.68. The molecule has 0 atom stereocenters. The summed E-state index contributed by atoms with van der Waals surface area (Å²) >= 11 is 0. The molecule has 1 N–H and O–H groups in total. The number of halogens is 1. The number of aromatic nitrogens is 2. The zero-order valence-corrected chi connectivity index (χ0v) is 16.4. The number of carbonyl (C=O) groups is 2. The van der Waals surface area contributed by atoms with Crippen molar-refractivity contribution in [1.29, 1.82) is 0 Å². The van der Waals surface area contributed by atoms with Gasteiger partial charge in [-0.1, -0.05) is 31.4 Å². The molecule has 0 radical (unpaired) electrons. The van der Waals surface area contributed by atoms with E-state index in [0.29, 0.717) is 13.1 Å². The molecule has 1 amide bonds. The number of likely N-dealkylation sites (tertiary alicyclic amines) is 1. The summed E-state index contributed by atoms with van der Waals surface area (Å²) < 4.78 is 15.6. The van der Waals surface area contributed by atoms with Gasteiger partial charge in [0, 0.05) is 19.3 Å². The van der Waals surface area contributed by atoms with E-state index in [9.17, 15) is 14.0 Å². The third kappa shape index (κ3) is 3.78. The lowest BCUT2D eigenvalue weighted by molar-refractivity contribution is -0.140. The number of amides is 1. The standard InChI is InChI=1S/C22H26FN3O3/c23-18-6-4-5-17(13-18)22(9-2-1-3-10-22)21(29)25-11-7-19(8-12-25)26-15-16(14-24-26)20(27)28/h4-6,13-15,19H,1-3,7-12H2,(H,27,28). The highest BCUT2D eigenvalue weighted by Crippen LogP contribution is 2.42. The Kier molecular flexibility index (Phi) is 5.39. The summed E-state index contributed by atoms with van der Waals surface area (Å²) in [6.07, 6.45) is 8.95. The van der Waals surface area contributed by atoms with E-state index in [0.717, 1.165) is 50.5 Å². The summed E-state index contributed by atoms with van der Waals surface area (Å²) in [6, 6.07) is 6.61. The van der Waals surface area contributed by atoms with Crippen molar-refractivity contribution in [2.24, 2.45) is 0 Å². The van der Waals surface area contributed by atoms with Gasteiger partial charge < -0.3 is 10.0 Å². The molecule has 4 rings (SSSR count). The van der Waals surface area contributed by atoms with E-state index in [1.54, 1.807) is 16.9 Å². The van der Waals surface area contributed by atoms with E-state index >= 15 is 0 Å². The van der Waals surface area contributed by atoms with Gasteiger partial charge >= 0.3 is 5.97 Å². The van der Waals surface area contributed by atoms with Crippen LogP contribution in [-0.4, -0.2) is 44.8 Å². The highest BCUT2D eigenvalue weighted by Gasteiger charge is 2.44. The molecule has 1 aliphatic heterocycles. The molecule has 154 valence electrons. The van der Waals surface area contributed by atoms with E-state index in [4.69, 9.17) is 5.11 Å². The Labute approximate surface area is 169 Å². The van der Waals surface area contributed by atoms with Gasteiger partial charge in [0.1, 0.15) is 5.82 Å². The zero-order valence-electron chi connectivity index (χ0n) is 16.4. The summed E-state index contributed by atoms with van der Waals surface area (Å²) in [5.41, 5.74) is 0.341. The fraction of sp³-hybridized carbons (Fsp3) is 0.500. The van der Waals surface area contributed by atoms with Crippen LogP contribution < -0.4 is 0 Å². The highest BCUT2D eigenvalue weighted by molar-refractivity contribution is 5.88. The van der Waals surface area contributed by atoms with Crippen LogP contribution in [0.2, 0.25) is 0 Å². The fourth-order valence-electron chi connectivity index (χ4n) is 4.85. The Morgan fingerprint density at radius 1 is 1.14 bits per heavy atom. The van der Waals surface area contributed by atoms with Crippen molar-refractivity contribution >= 4 is 11.9 Å². The molecule has 2 aromatic rings. The van der Waals surface area contributed by atoms with Crippen LogP contribution in [0.25, 0.3) is 0 Å². The van der Waals surface area contributed by atoms with Gasteiger partial charge in [-0.15, -0.1) is 0 Å². The summed E-state index contributed by atoms with van der Waals surface area (Å²) in [6.45, 7) is 1.20. The number of aromatic carboxylic acids is 1. The maximum Gasteiger partial charge on any atom is 0.338 e. The number of nitrogens with zero attached hydrogens (tertiary/aromatic N) is 3. The first-order valence-electron chi connectivity index (χ1n) is 10.3. The van der Waals surface area contributed by atoms with Crippen LogP contribution in [0.15, 0.2) is 36.7 Å². The lowest BCUT2D eigenvalue weighted by Crippen LogP contribution is -2.50. The van der Waals surface area contributed by atoms with Crippen molar-refractivity contribution in [3.63, 3.8) is 0 Å². The predicted molar refractivity (Wildman–Crippen MR) is 105 cm³/mol. The Balaban J connectivity index is 1.50. The molecule has 0 unspecified atom stereocenters. The largest absolute Gasteiger partial charge is 0.478 e. The van der Waals surface area contributed by atoms with E-state index < -0.39 is 11.4 Å². The minimum absolute atomic E-state index is 0.0867. The Morgan fingerprint density at radius 2 is 1.86 bits per heavy atom. The van der Waals surface area contributed by atoms with E-state index in [1.165, 1.54) is 18.3 Å². The molecule has 1 saturated heterocycles. The number of benzene rings is 1. The van der Waals surface area contributed by atoms with E-state index in [2.05, 4.69) is 5.10 Å². The fourth-order valence-corrected chi connectivity index (χ4v) is 4.85. The van der Waals surface area contributed by atoms with Crippen molar-refractivity contribution < 1.29 is 19.1 Å².